The Morgan fingerprint density at radius 3 is 2.80 bits per heavy atom. The third kappa shape index (κ3) is 3.20. The summed E-state index contributed by atoms with van der Waals surface area (Å²) in [6.07, 6.45) is 2.90. The maximum Gasteiger partial charge on any atom is 0.272 e. The van der Waals surface area contributed by atoms with Crippen LogP contribution in [0.2, 0.25) is 0 Å². The van der Waals surface area contributed by atoms with E-state index in [4.69, 9.17) is 0 Å². The first-order valence-corrected chi connectivity index (χ1v) is 6.12. The highest BCUT2D eigenvalue weighted by molar-refractivity contribution is 5.94. The molecule has 0 saturated heterocycles. The third-order valence-corrected chi connectivity index (χ3v) is 2.81. The molecular formula is C15H15N3O2. The van der Waals surface area contributed by atoms with E-state index in [-0.39, 0.29) is 11.7 Å². The van der Waals surface area contributed by atoms with Crippen LogP contribution in [0.1, 0.15) is 27.2 Å². The highest BCUT2D eigenvalue weighted by Gasteiger charge is 2.04. The van der Waals surface area contributed by atoms with Crippen LogP contribution in [0, 0.1) is 13.8 Å². The number of rotatable bonds is 3. The number of aromatic nitrogens is 1. The minimum atomic E-state index is -0.346. The molecule has 1 aromatic carbocycles. The molecule has 0 aliphatic heterocycles. The van der Waals surface area contributed by atoms with Crippen LogP contribution in [0.15, 0.2) is 41.6 Å². The zero-order valence-electron chi connectivity index (χ0n) is 11.3. The van der Waals surface area contributed by atoms with Crippen molar-refractivity contribution < 1.29 is 9.90 Å². The number of carbonyl (C=O) groups is 1. The van der Waals surface area contributed by atoms with Gasteiger partial charge in [-0.25, -0.2) is 5.43 Å². The molecular weight excluding hydrogens is 254 g/mol. The van der Waals surface area contributed by atoms with Gasteiger partial charge in [0.25, 0.3) is 5.91 Å². The Labute approximate surface area is 117 Å². The zero-order chi connectivity index (χ0) is 14.5. The van der Waals surface area contributed by atoms with Gasteiger partial charge >= 0.3 is 0 Å². The van der Waals surface area contributed by atoms with E-state index in [0.717, 1.165) is 11.3 Å². The quantitative estimate of drug-likeness (QED) is 0.662. The lowest BCUT2D eigenvalue weighted by Gasteiger charge is -2.02. The summed E-state index contributed by atoms with van der Waals surface area (Å²) in [5, 5.41) is 13.6. The van der Waals surface area contributed by atoms with Crippen LogP contribution in [0.4, 0.5) is 0 Å². The molecule has 0 bridgehead atoms. The number of para-hydroxylation sites is 1. The van der Waals surface area contributed by atoms with Crippen molar-refractivity contribution in [2.24, 2.45) is 5.10 Å². The Hall–Kier alpha value is -2.69. The van der Waals surface area contributed by atoms with Gasteiger partial charge in [-0.15, -0.1) is 0 Å². The van der Waals surface area contributed by atoms with Gasteiger partial charge < -0.3 is 5.11 Å². The van der Waals surface area contributed by atoms with E-state index in [1.165, 1.54) is 12.4 Å². The number of aryl methyl sites for hydroxylation is 2. The lowest BCUT2D eigenvalue weighted by molar-refractivity contribution is 0.0954. The van der Waals surface area contributed by atoms with Crippen molar-refractivity contribution in [3.05, 3.63) is 58.9 Å². The molecule has 0 aliphatic carbocycles. The van der Waals surface area contributed by atoms with E-state index in [1.807, 2.05) is 13.0 Å². The number of carbonyl (C=O) groups excluding carboxylic acids is 1. The van der Waals surface area contributed by atoms with Crippen molar-refractivity contribution in [3.8, 4) is 5.75 Å². The van der Waals surface area contributed by atoms with E-state index in [2.05, 4.69) is 15.5 Å². The van der Waals surface area contributed by atoms with Gasteiger partial charge in [-0.05, 0) is 37.6 Å². The second kappa shape index (κ2) is 5.97. The van der Waals surface area contributed by atoms with Crippen LogP contribution >= 0.6 is 0 Å². The first-order chi connectivity index (χ1) is 9.58. The number of phenols is 1. The minimum absolute atomic E-state index is 0.155. The molecule has 2 rings (SSSR count). The molecule has 1 heterocycles. The fourth-order valence-electron chi connectivity index (χ4n) is 1.61. The average Bonchev–Trinajstić information content (AvgIpc) is 2.44. The van der Waals surface area contributed by atoms with Crippen molar-refractivity contribution in [2.75, 3.05) is 0 Å². The Morgan fingerprint density at radius 2 is 2.10 bits per heavy atom. The van der Waals surface area contributed by atoms with E-state index < -0.39 is 0 Å². The molecule has 0 fully saturated rings. The Kier molecular flexibility index (Phi) is 4.10. The molecule has 2 aromatic rings. The molecule has 0 atom stereocenters. The van der Waals surface area contributed by atoms with E-state index >= 15 is 0 Å². The largest absolute Gasteiger partial charge is 0.507 e. The number of hydrogen-bond acceptors (Lipinski definition) is 4. The molecule has 102 valence electrons. The van der Waals surface area contributed by atoms with Gasteiger partial charge in [0, 0.05) is 17.5 Å². The number of nitrogens with zero attached hydrogens (tertiary/aromatic N) is 2. The number of phenolic OH excluding ortho intramolecular Hbond substituents is 1. The minimum Gasteiger partial charge on any atom is -0.507 e. The summed E-state index contributed by atoms with van der Waals surface area (Å²) in [6.45, 7) is 3.64. The summed E-state index contributed by atoms with van der Waals surface area (Å²) < 4.78 is 0. The second-order valence-corrected chi connectivity index (χ2v) is 4.40. The lowest BCUT2D eigenvalue weighted by Crippen LogP contribution is -2.17. The summed E-state index contributed by atoms with van der Waals surface area (Å²) in [4.78, 5) is 15.8. The predicted molar refractivity (Wildman–Crippen MR) is 76.9 cm³/mol. The monoisotopic (exact) mass is 269 g/mol. The van der Waals surface area contributed by atoms with Gasteiger partial charge in [-0.1, -0.05) is 12.1 Å². The van der Waals surface area contributed by atoms with Gasteiger partial charge in [0.2, 0.25) is 0 Å². The van der Waals surface area contributed by atoms with Gasteiger partial charge in [0.1, 0.15) is 5.75 Å². The van der Waals surface area contributed by atoms with Gasteiger partial charge in [0.05, 0.1) is 11.8 Å². The molecule has 0 saturated carbocycles. The number of aromatic hydroxyl groups is 1. The van der Waals surface area contributed by atoms with Gasteiger partial charge in [-0.2, -0.15) is 5.10 Å². The summed E-state index contributed by atoms with van der Waals surface area (Å²) in [7, 11) is 0. The van der Waals surface area contributed by atoms with Crippen molar-refractivity contribution in [3.63, 3.8) is 0 Å². The highest BCUT2D eigenvalue weighted by atomic mass is 16.3. The van der Waals surface area contributed by atoms with Gasteiger partial charge in [0.15, 0.2) is 0 Å². The predicted octanol–water partition coefficient (Wildman–Crippen LogP) is 2.17. The molecule has 5 nitrogen and oxygen atoms in total. The summed E-state index contributed by atoms with van der Waals surface area (Å²) in [6, 6.07) is 8.75. The van der Waals surface area contributed by atoms with Crippen molar-refractivity contribution in [1.29, 1.82) is 0 Å². The molecule has 2 N–H and O–H groups in total. The van der Waals surface area contributed by atoms with Crippen LogP contribution in [-0.4, -0.2) is 22.2 Å². The maximum atomic E-state index is 11.8. The molecule has 0 unspecified atom stereocenters. The van der Waals surface area contributed by atoms with Crippen LogP contribution in [0.3, 0.4) is 0 Å². The van der Waals surface area contributed by atoms with Crippen molar-refractivity contribution >= 4 is 12.1 Å². The van der Waals surface area contributed by atoms with E-state index in [0.29, 0.717) is 11.1 Å². The Morgan fingerprint density at radius 1 is 1.30 bits per heavy atom. The maximum absolute atomic E-state index is 11.8. The lowest BCUT2D eigenvalue weighted by atomic mass is 10.1. The van der Waals surface area contributed by atoms with E-state index in [9.17, 15) is 9.90 Å². The summed E-state index contributed by atoms with van der Waals surface area (Å²) in [5.74, 6) is -0.191. The third-order valence-electron chi connectivity index (χ3n) is 2.81. The summed E-state index contributed by atoms with van der Waals surface area (Å²) in [5.41, 5.74) is 4.97. The van der Waals surface area contributed by atoms with Crippen LogP contribution in [0.5, 0.6) is 5.75 Å². The van der Waals surface area contributed by atoms with Crippen LogP contribution in [-0.2, 0) is 0 Å². The number of hydrogen-bond donors (Lipinski definition) is 2. The Bertz CT molecular complexity index is 649. The SMILES string of the molecule is Cc1ccc(C(=O)N/N=C\c2cccc(C)c2O)cn1. The molecule has 1 amide bonds. The number of nitrogens with one attached hydrogen (secondary N) is 1. The molecule has 5 heteroatoms. The number of benzene rings is 1. The molecule has 1 aromatic heterocycles. The standard InChI is InChI=1S/C15H15N3O2/c1-10-4-3-5-12(14(10)19)9-17-18-15(20)13-7-6-11(2)16-8-13/h3-9,19H,1-2H3,(H,18,20)/b17-9-. The number of hydrazone groups is 1. The number of pyridine rings is 1. The molecule has 20 heavy (non-hydrogen) atoms. The Balaban J connectivity index is 2.04. The fourth-order valence-corrected chi connectivity index (χ4v) is 1.61. The first kappa shape index (κ1) is 13.7. The topological polar surface area (TPSA) is 74.6 Å². The fraction of sp³-hybridized carbons (Fsp3) is 0.133. The molecule has 0 aliphatic rings. The first-order valence-electron chi connectivity index (χ1n) is 6.12. The molecule has 0 radical (unpaired) electrons. The smallest absolute Gasteiger partial charge is 0.272 e. The number of amides is 1. The van der Waals surface area contributed by atoms with Crippen LogP contribution in [0.25, 0.3) is 0 Å². The zero-order valence-corrected chi connectivity index (χ0v) is 11.3. The summed E-state index contributed by atoms with van der Waals surface area (Å²) >= 11 is 0. The van der Waals surface area contributed by atoms with Gasteiger partial charge in [-0.3, -0.25) is 9.78 Å². The highest BCUT2D eigenvalue weighted by Crippen LogP contribution is 2.19. The van der Waals surface area contributed by atoms with E-state index in [1.54, 1.807) is 31.2 Å². The van der Waals surface area contributed by atoms with Crippen molar-refractivity contribution in [1.82, 2.24) is 10.4 Å². The normalized spacial score (nSPS) is 10.7. The average molecular weight is 269 g/mol. The van der Waals surface area contributed by atoms with Crippen molar-refractivity contribution in [2.45, 2.75) is 13.8 Å². The second-order valence-electron chi connectivity index (χ2n) is 4.40. The van der Waals surface area contributed by atoms with Crippen LogP contribution < -0.4 is 5.43 Å². The molecule has 0 spiro atoms.